The first-order valence-corrected chi connectivity index (χ1v) is 7.73. The Morgan fingerprint density at radius 3 is 2.53 bits per heavy atom. The van der Waals surface area contributed by atoms with Crippen LogP contribution in [0.2, 0.25) is 0 Å². The summed E-state index contributed by atoms with van der Waals surface area (Å²) < 4.78 is 13.7. The lowest BCUT2D eigenvalue weighted by molar-refractivity contribution is 0.283. The molecule has 2 nitrogen and oxygen atoms in total. The monoisotopic (exact) mass is 330 g/mol. The number of nitrogens with zero attached hydrogens (tertiary/aromatic N) is 1. The highest BCUT2D eigenvalue weighted by molar-refractivity contribution is 9.10. The maximum Gasteiger partial charge on any atom is 0.137 e. The highest BCUT2D eigenvalue weighted by Gasteiger charge is 2.10. The van der Waals surface area contributed by atoms with Gasteiger partial charge in [-0.3, -0.25) is 0 Å². The molecule has 4 heteroatoms. The maximum atomic E-state index is 13.2. The van der Waals surface area contributed by atoms with Crippen LogP contribution in [0.25, 0.3) is 0 Å². The first-order valence-electron chi connectivity index (χ1n) is 6.94. The van der Waals surface area contributed by atoms with Crippen molar-refractivity contribution in [3.8, 4) is 0 Å². The van der Waals surface area contributed by atoms with Crippen molar-refractivity contribution in [2.75, 3.05) is 26.7 Å². The molecule has 0 radical (unpaired) electrons. The van der Waals surface area contributed by atoms with Crippen LogP contribution in [-0.2, 0) is 6.42 Å². The van der Waals surface area contributed by atoms with Crippen LogP contribution in [-0.4, -0.2) is 37.6 Å². The van der Waals surface area contributed by atoms with Gasteiger partial charge in [0.1, 0.15) is 5.82 Å². The van der Waals surface area contributed by atoms with Crippen molar-refractivity contribution >= 4 is 15.9 Å². The van der Waals surface area contributed by atoms with Crippen LogP contribution < -0.4 is 5.32 Å². The van der Waals surface area contributed by atoms with Crippen molar-refractivity contribution in [2.45, 2.75) is 32.7 Å². The predicted molar refractivity (Wildman–Crippen MR) is 83.1 cm³/mol. The van der Waals surface area contributed by atoms with Crippen molar-refractivity contribution in [1.82, 2.24) is 10.2 Å². The first-order chi connectivity index (χ1) is 9.10. The lowest BCUT2D eigenvalue weighted by Gasteiger charge is -2.22. The second-order valence-corrected chi connectivity index (χ2v) is 5.61. The summed E-state index contributed by atoms with van der Waals surface area (Å²) in [5.74, 6) is -0.201. The van der Waals surface area contributed by atoms with Gasteiger partial charge in [0.05, 0.1) is 4.47 Å². The molecule has 1 aromatic rings. The molecule has 108 valence electrons. The zero-order valence-corrected chi connectivity index (χ0v) is 13.6. The Morgan fingerprint density at radius 2 is 2.00 bits per heavy atom. The Balaban J connectivity index is 2.53. The molecule has 0 heterocycles. The lowest BCUT2D eigenvalue weighted by Crippen LogP contribution is -2.33. The van der Waals surface area contributed by atoms with Gasteiger partial charge in [-0.2, -0.15) is 0 Å². The summed E-state index contributed by atoms with van der Waals surface area (Å²) in [5, 5.41) is 3.35. The fourth-order valence-corrected chi connectivity index (χ4v) is 2.60. The number of benzene rings is 1. The van der Waals surface area contributed by atoms with Crippen LogP contribution >= 0.6 is 15.9 Å². The van der Waals surface area contributed by atoms with Gasteiger partial charge in [-0.1, -0.05) is 19.9 Å². The summed E-state index contributed by atoms with van der Waals surface area (Å²) in [6, 6.07) is 5.69. The van der Waals surface area contributed by atoms with E-state index in [2.05, 4.69) is 40.0 Å². The number of hydrogen-bond acceptors (Lipinski definition) is 2. The third kappa shape index (κ3) is 5.59. The molecular formula is C15H24BrFN2. The first kappa shape index (κ1) is 16.6. The van der Waals surface area contributed by atoms with Gasteiger partial charge in [-0.15, -0.1) is 0 Å². The Labute approximate surface area is 124 Å². The molecule has 0 spiro atoms. The van der Waals surface area contributed by atoms with Gasteiger partial charge in [0.25, 0.3) is 0 Å². The van der Waals surface area contributed by atoms with Gasteiger partial charge in [0.15, 0.2) is 0 Å². The summed E-state index contributed by atoms with van der Waals surface area (Å²) in [5.41, 5.74) is 1.16. The Morgan fingerprint density at radius 1 is 1.32 bits per heavy atom. The number of halogens is 2. The topological polar surface area (TPSA) is 15.3 Å². The van der Waals surface area contributed by atoms with E-state index in [4.69, 9.17) is 0 Å². The van der Waals surface area contributed by atoms with Gasteiger partial charge in [-0.05, 0) is 73.1 Å². The molecule has 1 rings (SSSR count). The molecule has 0 fully saturated rings. The minimum atomic E-state index is -0.201. The van der Waals surface area contributed by atoms with Crippen LogP contribution in [0, 0.1) is 5.82 Å². The average molecular weight is 331 g/mol. The number of likely N-dealkylation sites (N-methyl/N-ethyl adjacent to an activating group) is 1. The molecule has 19 heavy (non-hydrogen) atoms. The van der Waals surface area contributed by atoms with Crippen LogP contribution in [0.5, 0.6) is 0 Å². The predicted octanol–water partition coefficient (Wildman–Crippen LogP) is 3.45. The largest absolute Gasteiger partial charge is 0.317 e. The molecule has 0 aliphatic carbocycles. The average Bonchev–Trinajstić information content (AvgIpc) is 2.42. The molecular weight excluding hydrogens is 307 g/mol. The van der Waals surface area contributed by atoms with Crippen LogP contribution in [0.15, 0.2) is 22.7 Å². The van der Waals surface area contributed by atoms with Crippen molar-refractivity contribution < 1.29 is 4.39 Å². The molecule has 1 unspecified atom stereocenters. The summed E-state index contributed by atoms with van der Waals surface area (Å²) in [4.78, 5) is 2.42. The Kier molecular flexibility index (Phi) is 7.57. The van der Waals surface area contributed by atoms with E-state index < -0.39 is 0 Å². The van der Waals surface area contributed by atoms with Crippen LogP contribution in [0.1, 0.15) is 25.8 Å². The second kappa shape index (κ2) is 8.67. The minimum absolute atomic E-state index is 0.201. The van der Waals surface area contributed by atoms with E-state index in [-0.39, 0.29) is 5.82 Å². The quantitative estimate of drug-likeness (QED) is 0.785. The molecule has 0 amide bonds. The van der Waals surface area contributed by atoms with E-state index in [1.165, 1.54) is 6.07 Å². The normalized spacial score (nSPS) is 12.9. The van der Waals surface area contributed by atoms with E-state index in [1.807, 2.05) is 19.2 Å². The minimum Gasteiger partial charge on any atom is -0.317 e. The zero-order valence-electron chi connectivity index (χ0n) is 12.0. The second-order valence-electron chi connectivity index (χ2n) is 4.75. The molecule has 1 atom stereocenters. The third-order valence-electron chi connectivity index (χ3n) is 3.56. The van der Waals surface area contributed by atoms with Gasteiger partial charge in [-0.25, -0.2) is 4.39 Å². The zero-order chi connectivity index (χ0) is 14.3. The summed E-state index contributed by atoms with van der Waals surface area (Å²) in [6.07, 6.45) is 2.03. The summed E-state index contributed by atoms with van der Waals surface area (Å²) in [6.45, 7) is 7.66. The number of hydrogen-bond donors (Lipinski definition) is 1. The van der Waals surface area contributed by atoms with Crippen molar-refractivity contribution in [1.29, 1.82) is 0 Å². The van der Waals surface area contributed by atoms with Crippen molar-refractivity contribution in [2.24, 2.45) is 0 Å². The SMILES string of the molecule is CCN(CC)CCC(Cc1ccc(F)c(Br)c1)NC. The Bertz CT molecular complexity index is 380. The van der Waals surface area contributed by atoms with Crippen LogP contribution in [0.4, 0.5) is 4.39 Å². The Hall–Kier alpha value is -0.450. The van der Waals surface area contributed by atoms with Crippen LogP contribution in [0.3, 0.4) is 0 Å². The van der Waals surface area contributed by atoms with E-state index in [1.54, 1.807) is 0 Å². The van der Waals surface area contributed by atoms with E-state index in [0.29, 0.717) is 10.5 Å². The lowest BCUT2D eigenvalue weighted by atomic mass is 10.0. The molecule has 0 bridgehead atoms. The smallest absolute Gasteiger partial charge is 0.137 e. The van der Waals surface area contributed by atoms with E-state index >= 15 is 0 Å². The molecule has 0 aliphatic rings. The summed E-state index contributed by atoms with van der Waals surface area (Å²) >= 11 is 3.24. The van der Waals surface area contributed by atoms with E-state index in [0.717, 1.165) is 38.0 Å². The fraction of sp³-hybridized carbons (Fsp3) is 0.600. The molecule has 1 aromatic carbocycles. The molecule has 1 N–H and O–H groups in total. The number of nitrogens with one attached hydrogen (secondary N) is 1. The standard InChI is InChI=1S/C15H24BrFN2/c1-4-19(5-2)9-8-13(18-3)10-12-6-7-15(17)14(16)11-12/h6-7,11,13,18H,4-5,8-10H2,1-3H3. The van der Waals surface area contributed by atoms with Gasteiger partial charge in [0, 0.05) is 6.04 Å². The third-order valence-corrected chi connectivity index (χ3v) is 4.17. The molecule has 0 aliphatic heterocycles. The molecule has 0 saturated heterocycles. The molecule has 0 aromatic heterocycles. The fourth-order valence-electron chi connectivity index (χ4n) is 2.18. The summed E-state index contributed by atoms with van der Waals surface area (Å²) in [7, 11) is 1.99. The highest BCUT2D eigenvalue weighted by Crippen LogP contribution is 2.18. The van der Waals surface area contributed by atoms with Gasteiger partial charge >= 0.3 is 0 Å². The number of rotatable bonds is 8. The maximum absolute atomic E-state index is 13.2. The van der Waals surface area contributed by atoms with Gasteiger partial charge in [0.2, 0.25) is 0 Å². The highest BCUT2D eigenvalue weighted by atomic mass is 79.9. The van der Waals surface area contributed by atoms with E-state index in [9.17, 15) is 4.39 Å². The molecule has 0 saturated carbocycles. The van der Waals surface area contributed by atoms with Gasteiger partial charge < -0.3 is 10.2 Å². The van der Waals surface area contributed by atoms with Crippen molar-refractivity contribution in [3.63, 3.8) is 0 Å². The van der Waals surface area contributed by atoms with Crippen molar-refractivity contribution in [3.05, 3.63) is 34.1 Å².